The molecule has 0 amide bonds. The van der Waals surface area contributed by atoms with Gasteiger partial charge in [0.1, 0.15) is 23.3 Å². The molecule has 148 valence electrons. The maximum absolute atomic E-state index is 8.86. The summed E-state index contributed by atoms with van der Waals surface area (Å²) in [5.74, 6) is 2.58. The Kier molecular flexibility index (Phi) is 5.82. The quantitative estimate of drug-likeness (QED) is 0.650. The van der Waals surface area contributed by atoms with E-state index in [9.17, 15) is 0 Å². The minimum atomic E-state index is 0.316. The van der Waals surface area contributed by atoms with Crippen molar-refractivity contribution in [2.45, 2.75) is 38.6 Å². The number of hydrogen-bond donors (Lipinski definition) is 1. The van der Waals surface area contributed by atoms with Crippen molar-refractivity contribution in [3.8, 4) is 6.07 Å². The number of aromatic nitrogens is 3. The average molecular weight is 388 g/mol. The molecule has 0 unspecified atom stereocenters. The van der Waals surface area contributed by atoms with E-state index in [4.69, 9.17) is 14.7 Å². The lowest BCUT2D eigenvalue weighted by molar-refractivity contribution is 0.248. The molecule has 0 saturated carbocycles. The predicted molar refractivity (Wildman–Crippen MR) is 110 cm³/mol. The Morgan fingerprint density at radius 1 is 1.24 bits per heavy atom. The zero-order valence-corrected chi connectivity index (χ0v) is 16.5. The molecule has 0 radical (unpaired) electrons. The van der Waals surface area contributed by atoms with Crippen LogP contribution in [0.3, 0.4) is 0 Å². The standard InChI is InChI=1S/C22H24N6O/c1-16-6-9-19(29-16)4-2-12-28-13-3-5-21(28)20-10-11-24-22(27-20)26-18-8-7-17(14-23)25-15-18/h6-11,15,21H,2-5,12-13H2,1H3,(H,24,26,27)/t21-/m1/s1. The summed E-state index contributed by atoms with van der Waals surface area (Å²) in [7, 11) is 0. The minimum absolute atomic E-state index is 0.316. The Bertz CT molecular complexity index is 991. The van der Waals surface area contributed by atoms with Gasteiger partial charge in [-0.3, -0.25) is 4.90 Å². The number of hydrogen-bond acceptors (Lipinski definition) is 7. The van der Waals surface area contributed by atoms with Gasteiger partial charge in [0.2, 0.25) is 5.95 Å². The van der Waals surface area contributed by atoms with Gasteiger partial charge >= 0.3 is 0 Å². The Balaban J connectivity index is 1.38. The van der Waals surface area contributed by atoms with Crippen molar-refractivity contribution in [3.05, 3.63) is 65.6 Å². The number of aryl methyl sites for hydroxylation is 2. The van der Waals surface area contributed by atoms with E-state index in [0.717, 1.165) is 55.3 Å². The van der Waals surface area contributed by atoms with Gasteiger partial charge in [-0.15, -0.1) is 0 Å². The summed E-state index contributed by atoms with van der Waals surface area (Å²) in [6, 6.07) is 11.9. The lowest BCUT2D eigenvalue weighted by Crippen LogP contribution is -2.25. The van der Waals surface area contributed by atoms with Crippen molar-refractivity contribution in [1.29, 1.82) is 5.26 Å². The first-order valence-electron chi connectivity index (χ1n) is 9.97. The largest absolute Gasteiger partial charge is 0.466 e. The Morgan fingerprint density at radius 2 is 2.17 bits per heavy atom. The number of nitrogens with zero attached hydrogens (tertiary/aromatic N) is 5. The highest BCUT2D eigenvalue weighted by molar-refractivity contribution is 5.52. The summed E-state index contributed by atoms with van der Waals surface area (Å²) in [6.45, 7) is 4.10. The predicted octanol–water partition coefficient (Wildman–Crippen LogP) is 4.16. The first kappa shape index (κ1) is 19.1. The fraction of sp³-hybridized carbons (Fsp3) is 0.364. The SMILES string of the molecule is Cc1ccc(CCCN2CCC[C@@H]2c2ccnc(Nc3ccc(C#N)nc3)n2)o1. The fourth-order valence-corrected chi connectivity index (χ4v) is 3.79. The molecular formula is C22H24N6O. The number of nitriles is 1. The second-order valence-corrected chi connectivity index (χ2v) is 7.28. The third-order valence-corrected chi connectivity index (χ3v) is 5.18. The smallest absolute Gasteiger partial charge is 0.227 e. The van der Waals surface area contributed by atoms with Crippen molar-refractivity contribution in [3.63, 3.8) is 0 Å². The number of anilines is 2. The molecule has 1 N–H and O–H groups in total. The third-order valence-electron chi connectivity index (χ3n) is 5.18. The highest BCUT2D eigenvalue weighted by Crippen LogP contribution is 2.31. The van der Waals surface area contributed by atoms with Gasteiger partial charge in [-0.2, -0.15) is 5.26 Å². The van der Waals surface area contributed by atoms with E-state index in [1.165, 1.54) is 6.42 Å². The van der Waals surface area contributed by atoms with Gasteiger partial charge in [-0.25, -0.2) is 15.0 Å². The van der Waals surface area contributed by atoms with E-state index >= 15 is 0 Å². The maximum atomic E-state index is 8.86. The second kappa shape index (κ2) is 8.84. The van der Waals surface area contributed by atoms with E-state index in [2.05, 4.69) is 26.3 Å². The van der Waals surface area contributed by atoms with Gasteiger partial charge in [0.25, 0.3) is 0 Å². The molecule has 0 spiro atoms. The van der Waals surface area contributed by atoms with E-state index in [1.54, 1.807) is 24.5 Å². The van der Waals surface area contributed by atoms with E-state index in [1.807, 2.05) is 25.1 Å². The average Bonchev–Trinajstić information content (AvgIpc) is 3.38. The lowest BCUT2D eigenvalue weighted by Gasteiger charge is -2.24. The molecule has 4 rings (SSSR count). The molecule has 7 nitrogen and oxygen atoms in total. The molecule has 7 heteroatoms. The second-order valence-electron chi connectivity index (χ2n) is 7.28. The minimum Gasteiger partial charge on any atom is -0.466 e. The molecule has 1 fully saturated rings. The van der Waals surface area contributed by atoms with Crippen LogP contribution in [0, 0.1) is 18.3 Å². The molecule has 0 aromatic carbocycles. The molecule has 3 aromatic heterocycles. The van der Waals surface area contributed by atoms with Gasteiger partial charge in [-0.1, -0.05) is 0 Å². The molecule has 4 heterocycles. The van der Waals surface area contributed by atoms with Crippen LogP contribution in [-0.4, -0.2) is 32.9 Å². The lowest BCUT2D eigenvalue weighted by atomic mass is 10.1. The highest BCUT2D eigenvalue weighted by atomic mass is 16.3. The number of furan rings is 1. The van der Waals surface area contributed by atoms with Gasteiger partial charge in [0.05, 0.1) is 23.6 Å². The van der Waals surface area contributed by atoms with Crippen molar-refractivity contribution in [2.75, 3.05) is 18.4 Å². The molecule has 3 aromatic rings. The maximum Gasteiger partial charge on any atom is 0.227 e. The summed E-state index contributed by atoms with van der Waals surface area (Å²) >= 11 is 0. The summed E-state index contributed by atoms with van der Waals surface area (Å²) in [5.41, 5.74) is 2.19. The highest BCUT2D eigenvalue weighted by Gasteiger charge is 2.27. The van der Waals surface area contributed by atoms with Crippen LogP contribution in [0.1, 0.15) is 48.2 Å². The van der Waals surface area contributed by atoms with Gasteiger partial charge < -0.3 is 9.73 Å². The van der Waals surface area contributed by atoms with Crippen LogP contribution in [0.2, 0.25) is 0 Å². The van der Waals surface area contributed by atoms with Crippen LogP contribution in [0.4, 0.5) is 11.6 Å². The first-order valence-corrected chi connectivity index (χ1v) is 9.97. The van der Waals surface area contributed by atoms with Crippen molar-refractivity contribution in [2.24, 2.45) is 0 Å². The molecular weight excluding hydrogens is 364 g/mol. The Morgan fingerprint density at radius 3 is 2.93 bits per heavy atom. The van der Waals surface area contributed by atoms with Crippen molar-refractivity contribution in [1.82, 2.24) is 19.9 Å². The molecule has 1 aliphatic rings. The Labute approximate surface area is 170 Å². The van der Waals surface area contributed by atoms with Crippen LogP contribution in [-0.2, 0) is 6.42 Å². The molecule has 1 aliphatic heterocycles. The molecule has 0 aliphatic carbocycles. The van der Waals surface area contributed by atoms with Crippen molar-refractivity contribution < 1.29 is 4.42 Å². The number of nitrogens with one attached hydrogen (secondary N) is 1. The van der Waals surface area contributed by atoms with Gasteiger partial charge in [0.15, 0.2) is 0 Å². The molecule has 1 saturated heterocycles. The number of likely N-dealkylation sites (tertiary alicyclic amines) is 1. The van der Waals surface area contributed by atoms with E-state index in [0.29, 0.717) is 17.7 Å². The zero-order valence-electron chi connectivity index (χ0n) is 16.5. The van der Waals surface area contributed by atoms with Crippen LogP contribution in [0.25, 0.3) is 0 Å². The van der Waals surface area contributed by atoms with E-state index in [-0.39, 0.29) is 0 Å². The molecule has 29 heavy (non-hydrogen) atoms. The molecule has 1 atom stereocenters. The van der Waals surface area contributed by atoms with Gasteiger partial charge in [-0.05, 0) is 69.6 Å². The fourth-order valence-electron chi connectivity index (χ4n) is 3.79. The van der Waals surface area contributed by atoms with Crippen LogP contribution >= 0.6 is 0 Å². The van der Waals surface area contributed by atoms with E-state index < -0.39 is 0 Å². The Hall–Kier alpha value is -3.24. The van der Waals surface area contributed by atoms with Crippen LogP contribution < -0.4 is 5.32 Å². The number of rotatable bonds is 7. The normalized spacial score (nSPS) is 16.6. The summed E-state index contributed by atoms with van der Waals surface area (Å²) < 4.78 is 5.68. The van der Waals surface area contributed by atoms with Crippen molar-refractivity contribution >= 4 is 11.6 Å². The topological polar surface area (TPSA) is 90.9 Å². The summed E-state index contributed by atoms with van der Waals surface area (Å²) in [4.78, 5) is 15.6. The number of pyridine rings is 1. The third kappa shape index (κ3) is 4.79. The monoisotopic (exact) mass is 388 g/mol. The summed E-state index contributed by atoms with van der Waals surface area (Å²) in [6.07, 6.45) is 7.72. The summed E-state index contributed by atoms with van der Waals surface area (Å²) in [5, 5.41) is 12.0. The zero-order chi connectivity index (χ0) is 20.1. The van der Waals surface area contributed by atoms with Crippen LogP contribution in [0.15, 0.2) is 47.1 Å². The van der Waals surface area contributed by atoms with Gasteiger partial charge in [0, 0.05) is 12.6 Å². The van der Waals surface area contributed by atoms with Crippen LogP contribution in [0.5, 0.6) is 0 Å². The first-order chi connectivity index (χ1) is 14.2. The molecule has 0 bridgehead atoms.